The van der Waals surface area contributed by atoms with Crippen LogP contribution in [-0.2, 0) is 4.74 Å². The minimum Gasteiger partial charge on any atom is -0.381 e. The fourth-order valence-electron chi connectivity index (χ4n) is 1.47. The van der Waals surface area contributed by atoms with E-state index in [0.717, 1.165) is 25.0 Å². The lowest BCUT2D eigenvalue weighted by molar-refractivity contribution is 0.180. The Bertz CT molecular complexity index is 128. The monoisotopic (exact) mass is 190 g/mol. The highest BCUT2D eigenvalue weighted by molar-refractivity contribution is 6.18. The molecular formula is C10H19ClO. The standard InChI is InChI=1S/C10H19ClO/c1-10(2,8-11)5-3-9-4-6-12-7-9/h9H,3-8H2,1-2H3. The third kappa shape index (κ3) is 3.32. The Morgan fingerprint density at radius 2 is 2.25 bits per heavy atom. The Morgan fingerprint density at radius 1 is 1.50 bits per heavy atom. The Kier molecular flexibility index (Phi) is 3.85. The molecule has 0 saturated carbocycles. The van der Waals surface area contributed by atoms with Crippen LogP contribution >= 0.6 is 11.6 Å². The van der Waals surface area contributed by atoms with Crippen molar-refractivity contribution >= 4 is 11.6 Å². The zero-order chi connectivity index (χ0) is 9.03. The number of alkyl halides is 1. The fraction of sp³-hybridized carbons (Fsp3) is 1.00. The van der Waals surface area contributed by atoms with Crippen LogP contribution in [0.25, 0.3) is 0 Å². The molecule has 1 atom stereocenters. The minimum absolute atomic E-state index is 0.310. The third-order valence-corrected chi connectivity index (χ3v) is 3.34. The highest BCUT2D eigenvalue weighted by atomic mass is 35.5. The van der Waals surface area contributed by atoms with Gasteiger partial charge in [0.1, 0.15) is 0 Å². The van der Waals surface area contributed by atoms with E-state index in [1.807, 2.05) is 0 Å². The van der Waals surface area contributed by atoms with Crippen molar-refractivity contribution < 1.29 is 4.74 Å². The van der Waals surface area contributed by atoms with Crippen LogP contribution in [0.1, 0.15) is 33.1 Å². The predicted octanol–water partition coefficient (Wildman–Crippen LogP) is 3.07. The second kappa shape index (κ2) is 4.48. The zero-order valence-electron chi connectivity index (χ0n) is 8.11. The molecule has 1 saturated heterocycles. The van der Waals surface area contributed by atoms with Gasteiger partial charge in [0.05, 0.1) is 0 Å². The van der Waals surface area contributed by atoms with Gasteiger partial charge in [-0.3, -0.25) is 0 Å². The minimum atomic E-state index is 0.310. The molecule has 1 fully saturated rings. The van der Waals surface area contributed by atoms with Crippen molar-refractivity contribution in [2.24, 2.45) is 11.3 Å². The first-order valence-corrected chi connectivity index (χ1v) is 5.31. The van der Waals surface area contributed by atoms with Crippen molar-refractivity contribution in [2.75, 3.05) is 19.1 Å². The molecule has 0 aromatic rings. The van der Waals surface area contributed by atoms with E-state index in [0.29, 0.717) is 5.41 Å². The average Bonchev–Trinajstić information content (AvgIpc) is 2.53. The summed E-state index contributed by atoms with van der Waals surface area (Å²) in [6.45, 7) is 6.40. The van der Waals surface area contributed by atoms with Gasteiger partial charge in [0.15, 0.2) is 0 Å². The lowest BCUT2D eigenvalue weighted by Gasteiger charge is -2.22. The smallest absolute Gasteiger partial charge is 0.0495 e. The summed E-state index contributed by atoms with van der Waals surface area (Å²) < 4.78 is 5.32. The van der Waals surface area contributed by atoms with Gasteiger partial charge in [-0.2, -0.15) is 0 Å². The summed E-state index contributed by atoms with van der Waals surface area (Å²) in [6, 6.07) is 0. The summed E-state index contributed by atoms with van der Waals surface area (Å²) in [5.74, 6) is 1.56. The normalized spacial score (nSPS) is 24.8. The maximum Gasteiger partial charge on any atom is 0.0495 e. The molecule has 0 spiro atoms. The first-order chi connectivity index (χ1) is 5.64. The van der Waals surface area contributed by atoms with Gasteiger partial charge in [0.25, 0.3) is 0 Å². The van der Waals surface area contributed by atoms with Gasteiger partial charge in [-0.15, -0.1) is 11.6 Å². The van der Waals surface area contributed by atoms with Gasteiger partial charge in [0.2, 0.25) is 0 Å². The molecule has 1 aliphatic rings. The Balaban J connectivity index is 2.15. The molecule has 1 aliphatic heterocycles. The van der Waals surface area contributed by atoms with Crippen molar-refractivity contribution in [1.29, 1.82) is 0 Å². The first-order valence-electron chi connectivity index (χ1n) is 4.78. The van der Waals surface area contributed by atoms with E-state index in [2.05, 4.69) is 13.8 Å². The Hall–Kier alpha value is 0.250. The molecule has 0 bridgehead atoms. The molecule has 1 heterocycles. The molecule has 0 aliphatic carbocycles. The quantitative estimate of drug-likeness (QED) is 0.620. The van der Waals surface area contributed by atoms with E-state index in [1.165, 1.54) is 19.3 Å². The van der Waals surface area contributed by atoms with Crippen LogP contribution in [0.2, 0.25) is 0 Å². The molecule has 0 aromatic carbocycles. The maximum absolute atomic E-state index is 5.85. The van der Waals surface area contributed by atoms with Gasteiger partial charge in [-0.25, -0.2) is 0 Å². The van der Waals surface area contributed by atoms with Crippen LogP contribution in [0.3, 0.4) is 0 Å². The summed E-state index contributed by atoms with van der Waals surface area (Å²) in [6.07, 6.45) is 3.75. The van der Waals surface area contributed by atoms with E-state index in [4.69, 9.17) is 16.3 Å². The lowest BCUT2D eigenvalue weighted by atomic mass is 9.86. The van der Waals surface area contributed by atoms with E-state index >= 15 is 0 Å². The first kappa shape index (κ1) is 10.3. The van der Waals surface area contributed by atoms with E-state index in [-0.39, 0.29) is 0 Å². The maximum atomic E-state index is 5.85. The van der Waals surface area contributed by atoms with Crippen LogP contribution in [0, 0.1) is 11.3 Å². The third-order valence-electron chi connectivity index (χ3n) is 2.62. The van der Waals surface area contributed by atoms with E-state index < -0.39 is 0 Å². The fourth-order valence-corrected chi connectivity index (χ4v) is 1.61. The van der Waals surface area contributed by atoms with Crippen LogP contribution in [0.15, 0.2) is 0 Å². The molecule has 1 unspecified atom stereocenters. The zero-order valence-corrected chi connectivity index (χ0v) is 8.86. The Labute approximate surface area is 80.4 Å². The second-order valence-electron chi connectivity index (χ2n) is 4.57. The molecule has 0 N–H and O–H groups in total. The van der Waals surface area contributed by atoms with Crippen LogP contribution < -0.4 is 0 Å². The summed E-state index contributed by atoms with van der Waals surface area (Å²) in [5, 5.41) is 0. The predicted molar refractivity (Wildman–Crippen MR) is 52.7 cm³/mol. The van der Waals surface area contributed by atoms with Crippen LogP contribution in [-0.4, -0.2) is 19.1 Å². The molecule has 2 heteroatoms. The molecule has 1 rings (SSSR count). The van der Waals surface area contributed by atoms with Crippen molar-refractivity contribution in [2.45, 2.75) is 33.1 Å². The van der Waals surface area contributed by atoms with E-state index in [9.17, 15) is 0 Å². The average molecular weight is 191 g/mol. The van der Waals surface area contributed by atoms with Crippen molar-refractivity contribution in [3.05, 3.63) is 0 Å². The topological polar surface area (TPSA) is 9.23 Å². The van der Waals surface area contributed by atoms with Gasteiger partial charge in [0, 0.05) is 19.1 Å². The molecule has 12 heavy (non-hydrogen) atoms. The molecule has 0 radical (unpaired) electrons. The summed E-state index contributed by atoms with van der Waals surface area (Å²) in [5.41, 5.74) is 0.310. The lowest BCUT2D eigenvalue weighted by Crippen LogP contribution is -2.15. The number of hydrogen-bond donors (Lipinski definition) is 0. The van der Waals surface area contributed by atoms with Gasteiger partial charge in [-0.05, 0) is 30.6 Å². The number of rotatable bonds is 4. The molecule has 72 valence electrons. The van der Waals surface area contributed by atoms with Crippen molar-refractivity contribution in [3.63, 3.8) is 0 Å². The van der Waals surface area contributed by atoms with Gasteiger partial charge < -0.3 is 4.74 Å². The molecule has 0 aromatic heterocycles. The van der Waals surface area contributed by atoms with Crippen molar-refractivity contribution in [3.8, 4) is 0 Å². The molecular weight excluding hydrogens is 172 g/mol. The molecule has 0 amide bonds. The SMILES string of the molecule is CC(C)(CCl)CCC1CCOC1. The highest BCUT2D eigenvalue weighted by Gasteiger charge is 2.21. The second-order valence-corrected chi connectivity index (χ2v) is 4.83. The summed E-state index contributed by atoms with van der Waals surface area (Å²) in [4.78, 5) is 0. The number of ether oxygens (including phenoxy) is 1. The number of hydrogen-bond acceptors (Lipinski definition) is 1. The van der Waals surface area contributed by atoms with Gasteiger partial charge in [-0.1, -0.05) is 13.8 Å². The van der Waals surface area contributed by atoms with Crippen LogP contribution in [0.5, 0.6) is 0 Å². The highest BCUT2D eigenvalue weighted by Crippen LogP contribution is 2.28. The van der Waals surface area contributed by atoms with Gasteiger partial charge >= 0.3 is 0 Å². The number of halogens is 1. The summed E-state index contributed by atoms with van der Waals surface area (Å²) >= 11 is 5.85. The van der Waals surface area contributed by atoms with E-state index in [1.54, 1.807) is 0 Å². The van der Waals surface area contributed by atoms with Crippen LogP contribution in [0.4, 0.5) is 0 Å². The summed E-state index contributed by atoms with van der Waals surface area (Å²) in [7, 11) is 0. The van der Waals surface area contributed by atoms with Crippen molar-refractivity contribution in [1.82, 2.24) is 0 Å². The Morgan fingerprint density at radius 3 is 2.75 bits per heavy atom. The largest absolute Gasteiger partial charge is 0.381 e. The molecule has 1 nitrogen and oxygen atoms in total.